The standard InChI is InChI=1S/C31H30FNO2/c32-28-16-17-29(25-12-6-2-7-13-25)26(20-28)21-31(34,27-14-8-3-9-15-27)30-23-33(18-19-35-30)22-24-10-4-1-5-11-24/h1-17,20,30,34H,18-19,21-23H2/t30?,31-/m1/s1. The number of nitrogens with zero attached hydrogens (tertiary/aromatic N) is 1. The monoisotopic (exact) mass is 467 g/mol. The van der Waals surface area contributed by atoms with Crippen LogP contribution >= 0.6 is 0 Å². The van der Waals surface area contributed by atoms with Crippen LogP contribution in [0.25, 0.3) is 11.1 Å². The molecule has 1 fully saturated rings. The zero-order valence-electron chi connectivity index (χ0n) is 19.7. The van der Waals surface area contributed by atoms with Gasteiger partial charge in [-0.3, -0.25) is 4.90 Å². The van der Waals surface area contributed by atoms with Crippen molar-refractivity contribution in [1.29, 1.82) is 0 Å². The molecule has 0 saturated carbocycles. The molecule has 0 aliphatic carbocycles. The molecule has 35 heavy (non-hydrogen) atoms. The predicted molar refractivity (Wildman–Crippen MR) is 137 cm³/mol. The third-order valence-electron chi connectivity index (χ3n) is 6.82. The summed E-state index contributed by atoms with van der Waals surface area (Å²) in [6.07, 6.45) is -0.225. The fourth-order valence-corrected chi connectivity index (χ4v) is 5.00. The van der Waals surface area contributed by atoms with Crippen molar-refractivity contribution in [3.63, 3.8) is 0 Å². The highest BCUT2D eigenvalue weighted by molar-refractivity contribution is 5.67. The maximum Gasteiger partial charge on any atom is 0.123 e. The molecular formula is C31H30FNO2. The van der Waals surface area contributed by atoms with E-state index in [0.29, 0.717) is 13.2 Å². The van der Waals surface area contributed by atoms with Gasteiger partial charge in [0, 0.05) is 26.1 Å². The lowest BCUT2D eigenvalue weighted by Crippen LogP contribution is -2.53. The Balaban J connectivity index is 1.50. The number of ether oxygens (including phenoxy) is 1. The van der Waals surface area contributed by atoms with Crippen LogP contribution in [-0.2, 0) is 23.3 Å². The van der Waals surface area contributed by atoms with Gasteiger partial charge in [-0.05, 0) is 39.9 Å². The van der Waals surface area contributed by atoms with E-state index in [2.05, 4.69) is 17.0 Å². The molecule has 1 aliphatic rings. The summed E-state index contributed by atoms with van der Waals surface area (Å²) in [7, 11) is 0. The largest absolute Gasteiger partial charge is 0.382 e. The molecule has 0 radical (unpaired) electrons. The van der Waals surface area contributed by atoms with E-state index in [1.807, 2.05) is 78.9 Å². The van der Waals surface area contributed by atoms with Crippen molar-refractivity contribution in [2.45, 2.75) is 24.7 Å². The molecule has 0 bridgehead atoms. The third-order valence-corrected chi connectivity index (χ3v) is 6.82. The lowest BCUT2D eigenvalue weighted by molar-refractivity contribution is -0.149. The van der Waals surface area contributed by atoms with Crippen molar-refractivity contribution in [3.05, 3.63) is 132 Å². The van der Waals surface area contributed by atoms with Crippen molar-refractivity contribution in [2.75, 3.05) is 19.7 Å². The van der Waals surface area contributed by atoms with Crippen LogP contribution in [0, 0.1) is 5.82 Å². The second kappa shape index (κ2) is 10.5. The van der Waals surface area contributed by atoms with E-state index in [-0.39, 0.29) is 12.2 Å². The second-order valence-electron chi connectivity index (χ2n) is 9.21. The minimum atomic E-state index is -1.33. The number of aliphatic hydroxyl groups is 1. The van der Waals surface area contributed by atoms with Gasteiger partial charge in [-0.1, -0.05) is 97.1 Å². The normalized spacial score (nSPS) is 18.2. The van der Waals surface area contributed by atoms with Gasteiger partial charge >= 0.3 is 0 Å². The van der Waals surface area contributed by atoms with Crippen LogP contribution in [0.15, 0.2) is 109 Å². The maximum atomic E-state index is 14.5. The van der Waals surface area contributed by atoms with Crippen LogP contribution in [0.4, 0.5) is 4.39 Å². The molecule has 1 heterocycles. The van der Waals surface area contributed by atoms with Crippen LogP contribution in [0.2, 0.25) is 0 Å². The molecule has 1 aliphatic heterocycles. The van der Waals surface area contributed by atoms with Gasteiger partial charge < -0.3 is 9.84 Å². The summed E-state index contributed by atoms with van der Waals surface area (Å²) >= 11 is 0. The molecule has 1 N–H and O–H groups in total. The first-order chi connectivity index (χ1) is 17.1. The fourth-order valence-electron chi connectivity index (χ4n) is 5.00. The van der Waals surface area contributed by atoms with E-state index in [1.54, 1.807) is 12.1 Å². The maximum absolute atomic E-state index is 14.5. The van der Waals surface area contributed by atoms with E-state index in [9.17, 15) is 9.50 Å². The van der Waals surface area contributed by atoms with Gasteiger partial charge in [-0.25, -0.2) is 4.39 Å². The molecular weight excluding hydrogens is 437 g/mol. The minimum Gasteiger partial charge on any atom is -0.382 e. The van der Waals surface area contributed by atoms with Gasteiger partial charge in [0.25, 0.3) is 0 Å². The number of rotatable bonds is 7. The SMILES string of the molecule is O[C@](Cc1cc(F)ccc1-c1ccccc1)(c1ccccc1)C1CN(Cc2ccccc2)CCO1. The Bertz CT molecular complexity index is 1230. The Morgan fingerprint density at radius 2 is 1.51 bits per heavy atom. The average molecular weight is 468 g/mol. The van der Waals surface area contributed by atoms with Gasteiger partial charge in [-0.2, -0.15) is 0 Å². The first-order valence-corrected chi connectivity index (χ1v) is 12.1. The average Bonchev–Trinajstić information content (AvgIpc) is 2.90. The highest BCUT2D eigenvalue weighted by Crippen LogP contribution is 2.36. The molecule has 2 atom stereocenters. The molecule has 5 rings (SSSR count). The summed E-state index contributed by atoms with van der Waals surface area (Å²) in [4.78, 5) is 2.32. The molecule has 0 aromatic heterocycles. The van der Waals surface area contributed by atoms with Crippen LogP contribution in [0.1, 0.15) is 16.7 Å². The molecule has 0 spiro atoms. The van der Waals surface area contributed by atoms with E-state index < -0.39 is 11.7 Å². The number of benzene rings is 4. The lowest BCUT2D eigenvalue weighted by atomic mass is 9.80. The number of halogens is 1. The molecule has 3 nitrogen and oxygen atoms in total. The van der Waals surface area contributed by atoms with Gasteiger partial charge in [0.05, 0.1) is 6.61 Å². The summed E-state index contributed by atoms with van der Waals surface area (Å²) in [6, 6.07) is 34.7. The molecule has 1 unspecified atom stereocenters. The second-order valence-corrected chi connectivity index (χ2v) is 9.21. The quantitative estimate of drug-likeness (QED) is 0.372. The van der Waals surface area contributed by atoms with Crippen molar-refractivity contribution in [1.82, 2.24) is 4.90 Å². The first kappa shape index (κ1) is 23.4. The van der Waals surface area contributed by atoms with Gasteiger partial charge in [0.2, 0.25) is 0 Å². The molecule has 4 aromatic rings. The lowest BCUT2D eigenvalue weighted by Gasteiger charge is -2.43. The number of hydrogen-bond acceptors (Lipinski definition) is 3. The van der Waals surface area contributed by atoms with Crippen LogP contribution in [0.5, 0.6) is 0 Å². The summed E-state index contributed by atoms with van der Waals surface area (Å²) in [5.41, 5.74) is 3.34. The molecule has 4 aromatic carbocycles. The highest BCUT2D eigenvalue weighted by Gasteiger charge is 2.42. The van der Waals surface area contributed by atoms with Crippen molar-refractivity contribution >= 4 is 0 Å². The van der Waals surface area contributed by atoms with Crippen molar-refractivity contribution in [3.8, 4) is 11.1 Å². The van der Waals surface area contributed by atoms with E-state index in [4.69, 9.17) is 4.74 Å². The Kier molecular flexibility index (Phi) is 7.05. The first-order valence-electron chi connectivity index (χ1n) is 12.1. The minimum absolute atomic E-state index is 0.239. The molecule has 178 valence electrons. The van der Waals surface area contributed by atoms with E-state index in [0.717, 1.165) is 35.3 Å². The Morgan fingerprint density at radius 1 is 0.857 bits per heavy atom. The van der Waals surface area contributed by atoms with Crippen molar-refractivity contribution in [2.24, 2.45) is 0 Å². The van der Waals surface area contributed by atoms with Gasteiger partial charge in [0.15, 0.2) is 0 Å². The van der Waals surface area contributed by atoms with Crippen LogP contribution < -0.4 is 0 Å². The third kappa shape index (κ3) is 5.35. The Labute approximate surface area is 206 Å². The van der Waals surface area contributed by atoms with E-state index in [1.165, 1.54) is 11.6 Å². The van der Waals surface area contributed by atoms with Gasteiger partial charge in [-0.15, -0.1) is 0 Å². The Morgan fingerprint density at radius 3 is 2.23 bits per heavy atom. The highest BCUT2D eigenvalue weighted by atomic mass is 19.1. The zero-order valence-corrected chi connectivity index (χ0v) is 19.7. The smallest absolute Gasteiger partial charge is 0.123 e. The molecule has 4 heteroatoms. The summed E-state index contributed by atoms with van der Waals surface area (Å²) in [5, 5.41) is 12.3. The number of hydrogen-bond donors (Lipinski definition) is 1. The fraction of sp³-hybridized carbons (Fsp3) is 0.226. The van der Waals surface area contributed by atoms with Crippen LogP contribution in [0.3, 0.4) is 0 Å². The Hall–Kier alpha value is -3.31. The van der Waals surface area contributed by atoms with Crippen molar-refractivity contribution < 1.29 is 14.2 Å². The molecule has 0 amide bonds. The number of morpholine rings is 1. The predicted octanol–water partition coefficient (Wildman–Crippen LogP) is 5.82. The van der Waals surface area contributed by atoms with Gasteiger partial charge in [0.1, 0.15) is 17.5 Å². The summed E-state index contributed by atoms with van der Waals surface area (Å²) < 4.78 is 20.7. The molecule has 1 saturated heterocycles. The zero-order chi connectivity index (χ0) is 24.1. The topological polar surface area (TPSA) is 32.7 Å². The summed E-state index contributed by atoms with van der Waals surface area (Å²) in [6.45, 7) is 2.70. The van der Waals surface area contributed by atoms with Crippen LogP contribution in [-0.4, -0.2) is 35.8 Å². The van der Waals surface area contributed by atoms with E-state index >= 15 is 0 Å². The summed E-state index contributed by atoms with van der Waals surface area (Å²) in [5.74, 6) is -0.314.